The Kier molecular flexibility index (Phi) is 3.94. The summed E-state index contributed by atoms with van der Waals surface area (Å²) in [5, 5.41) is 8.55. The summed E-state index contributed by atoms with van der Waals surface area (Å²) in [5.74, 6) is -0.480. The van der Waals surface area contributed by atoms with Crippen molar-refractivity contribution >= 4 is 5.97 Å². The minimum absolute atomic E-state index is 0.0870. The van der Waals surface area contributed by atoms with Gasteiger partial charge in [0.2, 0.25) is 0 Å². The van der Waals surface area contributed by atoms with E-state index in [-0.39, 0.29) is 13.2 Å². The molecular formula is C4H7NO5. The van der Waals surface area contributed by atoms with Gasteiger partial charge < -0.3 is 9.57 Å². The van der Waals surface area contributed by atoms with Crippen molar-refractivity contribution in [3.63, 3.8) is 0 Å². The maximum atomic E-state index is 10.0. The van der Waals surface area contributed by atoms with Crippen LogP contribution in [0.1, 0.15) is 6.92 Å². The highest BCUT2D eigenvalue weighted by atomic mass is 17.0. The Balaban J connectivity index is 3.06. The van der Waals surface area contributed by atoms with Crippen LogP contribution in [0.3, 0.4) is 0 Å². The van der Waals surface area contributed by atoms with Gasteiger partial charge in [0, 0.05) is 6.92 Å². The van der Waals surface area contributed by atoms with Crippen LogP contribution in [0.5, 0.6) is 0 Å². The third-order valence-electron chi connectivity index (χ3n) is 0.585. The molecule has 0 saturated carbocycles. The Bertz CT molecular complexity index is 118. The second kappa shape index (κ2) is 4.54. The van der Waals surface area contributed by atoms with Crippen LogP contribution in [0, 0.1) is 10.1 Å². The molecular weight excluding hydrogens is 142 g/mol. The van der Waals surface area contributed by atoms with Crippen molar-refractivity contribution in [1.82, 2.24) is 0 Å². The van der Waals surface area contributed by atoms with Crippen molar-refractivity contribution in [2.24, 2.45) is 0 Å². The molecule has 0 aromatic heterocycles. The fourth-order valence-corrected chi connectivity index (χ4v) is 0.297. The molecule has 0 N–H and O–H groups in total. The largest absolute Gasteiger partial charge is 0.464 e. The summed E-state index contributed by atoms with van der Waals surface area (Å²) in [6.07, 6.45) is 0. The maximum Gasteiger partial charge on any atom is 0.302 e. The summed E-state index contributed by atoms with van der Waals surface area (Å²) in [5.41, 5.74) is 0. The Morgan fingerprint density at radius 2 is 2.20 bits per heavy atom. The third-order valence-corrected chi connectivity index (χ3v) is 0.585. The summed E-state index contributed by atoms with van der Waals surface area (Å²) in [4.78, 5) is 23.4. The summed E-state index contributed by atoms with van der Waals surface area (Å²) < 4.78 is 4.32. The van der Waals surface area contributed by atoms with E-state index < -0.39 is 11.1 Å². The zero-order chi connectivity index (χ0) is 7.98. The number of rotatable bonds is 4. The number of hydrogen-bond donors (Lipinski definition) is 0. The molecule has 0 aliphatic rings. The van der Waals surface area contributed by atoms with Gasteiger partial charge >= 0.3 is 5.97 Å². The van der Waals surface area contributed by atoms with Gasteiger partial charge in [-0.05, 0) is 0 Å². The van der Waals surface area contributed by atoms with Gasteiger partial charge in [-0.15, -0.1) is 10.1 Å². The van der Waals surface area contributed by atoms with Crippen molar-refractivity contribution < 1.29 is 19.5 Å². The molecule has 0 saturated heterocycles. The van der Waals surface area contributed by atoms with E-state index in [4.69, 9.17) is 0 Å². The highest BCUT2D eigenvalue weighted by Crippen LogP contribution is 1.78. The lowest BCUT2D eigenvalue weighted by Crippen LogP contribution is -2.10. The van der Waals surface area contributed by atoms with Crippen LogP contribution >= 0.6 is 0 Å². The quantitative estimate of drug-likeness (QED) is 0.238. The Labute approximate surface area is 56.8 Å². The van der Waals surface area contributed by atoms with Crippen LogP contribution in [0.25, 0.3) is 0 Å². The summed E-state index contributed by atoms with van der Waals surface area (Å²) in [6.45, 7) is 0.912. The number of hydrogen-bond acceptors (Lipinski definition) is 5. The molecule has 6 heteroatoms. The first kappa shape index (κ1) is 8.67. The average molecular weight is 149 g/mol. The lowest BCUT2D eigenvalue weighted by Gasteiger charge is -1.98. The monoisotopic (exact) mass is 149 g/mol. The van der Waals surface area contributed by atoms with Crippen LogP contribution < -0.4 is 0 Å². The molecule has 0 amide bonds. The molecule has 6 nitrogen and oxygen atoms in total. The van der Waals surface area contributed by atoms with E-state index >= 15 is 0 Å². The third kappa shape index (κ3) is 6.67. The van der Waals surface area contributed by atoms with Gasteiger partial charge in [-0.1, -0.05) is 0 Å². The molecule has 0 aliphatic heterocycles. The molecule has 0 rings (SSSR count). The predicted molar refractivity (Wildman–Crippen MR) is 29.6 cm³/mol. The van der Waals surface area contributed by atoms with Crippen molar-refractivity contribution in [3.8, 4) is 0 Å². The molecule has 58 valence electrons. The van der Waals surface area contributed by atoms with Crippen LogP contribution in [-0.2, 0) is 14.4 Å². The van der Waals surface area contributed by atoms with Crippen molar-refractivity contribution in [1.29, 1.82) is 0 Å². The first-order valence-corrected chi connectivity index (χ1v) is 2.53. The lowest BCUT2D eigenvalue weighted by molar-refractivity contribution is -0.757. The van der Waals surface area contributed by atoms with E-state index in [0.717, 1.165) is 0 Å². The van der Waals surface area contributed by atoms with Gasteiger partial charge in [0.15, 0.2) is 0 Å². The number of esters is 1. The van der Waals surface area contributed by atoms with E-state index in [1.165, 1.54) is 6.92 Å². The Morgan fingerprint density at radius 1 is 1.60 bits per heavy atom. The SMILES string of the molecule is CC(=O)OCCO[N+](=O)[O-]. The highest BCUT2D eigenvalue weighted by Gasteiger charge is 1.95. The number of ether oxygens (including phenoxy) is 1. The maximum absolute atomic E-state index is 10.0. The van der Waals surface area contributed by atoms with Crippen LogP contribution in [-0.4, -0.2) is 24.3 Å². The molecule has 0 unspecified atom stereocenters. The number of carbonyl (C=O) groups is 1. The zero-order valence-corrected chi connectivity index (χ0v) is 5.40. The molecule has 0 spiro atoms. The summed E-state index contributed by atoms with van der Waals surface area (Å²) >= 11 is 0. The second-order valence-electron chi connectivity index (χ2n) is 1.40. The van der Waals surface area contributed by atoms with Gasteiger partial charge in [-0.25, -0.2) is 0 Å². The van der Waals surface area contributed by atoms with Crippen LogP contribution in [0.15, 0.2) is 0 Å². The number of carbonyl (C=O) groups excluding carboxylic acids is 1. The molecule has 0 aromatic carbocycles. The normalized spacial score (nSPS) is 8.50. The standard InChI is InChI=1S/C4H7NO5/c1-4(6)9-2-3-10-5(7)8/h2-3H2,1H3. The van der Waals surface area contributed by atoms with Gasteiger partial charge in [-0.3, -0.25) is 4.79 Å². The number of nitrogens with zero attached hydrogens (tertiary/aromatic N) is 1. The highest BCUT2D eigenvalue weighted by molar-refractivity contribution is 5.65. The van der Waals surface area contributed by atoms with E-state index in [9.17, 15) is 14.9 Å². The molecule has 0 heterocycles. The van der Waals surface area contributed by atoms with Gasteiger partial charge in [0.25, 0.3) is 5.09 Å². The fourth-order valence-electron chi connectivity index (χ4n) is 0.297. The predicted octanol–water partition coefficient (Wildman–Crippen LogP) is -0.242. The molecule has 0 atom stereocenters. The van der Waals surface area contributed by atoms with E-state index in [2.05, 4.69) is 9.57 Å². The minimum atomic E-state index is -0.941. The average Bonchev–Trinajstić information content (AvgIpc) is 1.79. The molecule has 0 fully saturated rings. The lowest BCUT2D eigenvalue weighted by atomic mass is 10.7. The molecule has 0 aromatic rings. The fraction of sp³-hybridized carbons (Fsp3) is 0.750. The first-order valence-electron chi connectivity index (χ1n) is 2.53. The topological polar surface area (TPSA) is 78.7 Å². The zero-order valence-electron chi connectivity index (χ0n) is 5.40. The molecule has 0 radical (unpaired) electrons. The first-order chi connectivity index (χ1) is 4.63. The van der Waals surface area contributed by atoms with Crippen molar-refractivity contribution in [2.75, 3.05) is 13.2 Å². The minimum Gasteiger partial charge on any atom is -0.464 e. The van der Waals surface area contributed by atoms with Gasteiger partial charge in [-0.2, -0.15) is 0 Å². The molecule has 0 bridgehead atoms. The summed E-state index contributed by atoms with van der Waals surface area (Å²) in [6, 6.07) is 0. The summed E-state index contributed by atoms with van der Waals surface area (Å²) in [7, 11) is 0. The Morgan fingerprint density at radius 3 is 2.60 bits per heavy atom. The van der Waals surface area contributed by atoms with Crippen molar-refractivity contribution in [2.45, 2.75) is 6.92 Å². The van der Waals surface area contributed by atoms with E-state index in [1.54, 1.807) is 0 Å². The smallest absolute Gasteiger partial charge is 0.302 e. The van der Waals surface area contributed by atoms with Crippen LogP contribution in [0.4, 0.5) is 0 Å². The van der Waals surface area contributed by atoms with Crippen LogP contribution in [0.2, 0.25) is 0 Å². The molecule has 0 aliphatic carbocycles. The molecule has 10 heavy (non-hydrogen) atoms. The second-order valence-corrected chi connectivity index (χ2v) is 1.40. The van der Waals surface area contributed by atoms with E-state index in [0.29, 0.717) is 0 Å². The van der Waals surface area contributed by atoms with Crippen molar-refractivity contribution in [3.05, 3.63) is 10.1 Å². The van der Waals surface area contributed by atoms with Gasteiger partial charge in [0.1, 0.15) is 13.2 Å². The Hall–Kier alpha value is -1.33. The van der Waals surface area contributed by atoms with E-state index in [1.807, 2.05) is 0 Å². The van der Waals surface area contributed by atoms with Gasteiger partial charge in [0.05, 0.1) is 0 Å².